The monoisotopic (exact) mass is 394 g/mol. The zero-order valence-corrected chi connectivity index (χ0v) is 12.6. The Kier molecular flexibility index (Phi) is 3.20. The van der Waals surface area contributed by atoms with Crippen molar-refractivity contribution in [1.29, 1.82) is 0 Å². The molecule has 0 unspecified atom stereocenters. The summed E-state index contributed by atoms with van der Waals surface area (Å²) in [4.78, 5) is 40.8. The second-order valence-electron chi connectivity index (χ2n) is 4.31. The number of imide groups is 1. The van der Waals surface area contributed by atoms with E-state index in [1.807, 2.05) is 22.6 Å². The number of carbonyl (C=O) groups excluding carboxylic acids is 2. The quantitative estimate of drug-likeness (QED) is 0.624. The van der Waals surface area contributed by atoms with Crippen molar-refractivity contribution in [3.63, 3.8) is 0 Å². The minimum Gasteiger partial charge on any atom is -0.478 e. The Morgan fingerprint density at radius 3 is 2.62 bits per heavy atom. The molecule has 0 spiro atoms. The Morgan fingerprint density at radius 2 is 1.95 bits per heavy atom. The van der Waals surface area contributed by atoms with Crippen molar-refractivity contribution in [3.05, 3.63) is 56.9 Å². The molecule has 7 heteroatoms. The maximum Gasteiger partial charge on any atom is 0.337 e. The van der Waals surface area contributed by atoms with Crippen LogP contribution in [-0.4, -0.2) is 27.9 Å². The average Bonchev–Trinajstić information content (AvgIpc) is 2.72. The highest BCUT2D eigenvalue weighted by molar-refractivity contribution is 14.1. The molecule has 0 saturated heterocycles. The van der Waals surface area contributed by atoms with Gasteiger partial charge in [0, 0.05) is 9.77 Å². The first kappa shape index (κ1) is 13.7. The Labute approximate surface area is 132 Å². The summed E-state index contributed by atoms with van der Waals surface area (Å²) in [6.07, 6.45) is 1.42. The summed E-state index contributed by atoms with van der Waals surface area (Å²) in [7, 11) is 0. The van der Waals surface area contributed by atoms with Gasteiger partial charge in [-0.3, -0.25) is 14.6 Å². The number of aromatic carboxylic acids is 1. The maximum atomic E-state index is 12.3. The number of carboxylic acids is 1. The normalized spacial score (nSPS) is 13.5. The number of rotatable bonds is 2. The van der Waals surface area contributed by atoms with Crippen LogP contribution in [0.1, 0.15) is 31.2 Å². The van der Waals surface area contributed by atoms with Crippen molar-refractivity contribution >= 4 is 46.1 Å². The Balaban J connectivity index is 2.18. The van der Waals surface area contributed by atoms with E-state index >= 15 is 0 Å². The van der Waals surface area contributed by atoms with Gasteiger partial charge in [-0.2, -0.15) is 0 Å². The van der Waals surface area contributed by atoms with Gasteiger partial charge in [0.1, 0.15) is 5.69 Å². The fourth-order valence-corrected chi connectivity index (χ4v) is 2.65. The second kappa shape index (κ2) is 4.92. The molecule has 2 heterocycles. The van der Waals surface area contributed by atoms with Crippen LogP contribution in [0, 0.1) is 3.57 Å². The van der Waals surface area contributed by atoms with E-state index in [-0.39, 0.29) is 22.5 Å². The van der Waals surface area contributed by atoms with Gasteiger partial charge in [0.05, 0.1) is 16.8 Å². The van der Waals surface area contributed by atoms with E-state index < -0.39 is 17.8 Å². The van der Waals surface area contributed by atoms with Gasteiger partial charge in [0.2, 0.25) is 0 Å². The zero-order valence-electron chi connectivity index (χ0n) is 10.4. The molecule has 0 aliphatic carbocycles. The molecule has 1 aliphatic heterocycles. The molecule has 6 nitrogen and oxygen atoms in total. The summed E-state index contributed by atoms with van der Waals surface area (Å²) in [5.74, 6) is -2.38. The van der Waals surface area contributed by atoms with E-state index in [4.69, 9.17) is 0 Å². The van der Waals surface area contributed by atoms with Gasteiger partial charge in [-0.1, -0.05) is 0 Å². The fraction of sp³-hybridized carbons (Fsp3) is 0. The smallest absolute Gasteiger partial charge is 0.337 e. The van der Waals surface area contributed by atoms with Gasteiger partial charge in [0.25, 0.3) is 11.8 Å². The average molecular weight is 394 g/mol. The van der Waals surface area contributed by atoms with E-state index in [0.29, 0.717) is 3.57 Å². The standard InChI is InChI=1S/C14H7IN2O4/c15-7-3-4-10(9(6-7)14(20)21)17-12(18)8-2-1-5-16-11(8)13(17)19/h1-6H,(H,20,21). The SMILES string of the molecule is O=C(O)c1cc(I)ccc1N1C(=O)c2cccnc2C1=O. The van der Waals surface area contributed by atoms with E-state index in [1.165, 1.54) is 24.4 Å². The van der Waals surface area contributed by atoms with E-state index in [0.717, 1.165) is 4.90 Å². The molecule has 0 atom stereocenters. The van der Waals surface area contributed by atoms with Gasteiger partial charge >= 0.3 is 5.97 Å². The Morgan fingerprint density at radius 1 is 1.19 bits per heavy atom. The summed E-state index contributed by atoms with van der Waals surface area (Å²) >= 11 is 1.97. The van der Waals surface area contributed by atoms with Crippen molar-refractivity contribution in [1.82, 2.24) is 4.98 Å². The van der Waals surface area contributed by atoms with Crippen LogP contribution in [0.25, 0.3) is 0 Å². The van der Waals surface area contributed by atoms with Crippen molar-refractivity contribution in [2.45, 2.75) is 0 Å². The predicted octanol–water partition coefficient (Wildman–Crippen LogP) is 2.18. The molecule has 0 bridgehead atoms. The zero-order chi connectivity index (χ0) is 15.1. The molecule has 2 amide bonds. The lowest BCUT2D eigenvalue weighted by atomic mass is 10.1. The Bertz CT molecular complexity index is 768. The van der Waals surface area contributed by atoms with Gasteiger partial charge < -0.3 is 5.11 Å². The number of pyridine rings is 1. The molecule has 104 valence electrons. The molecule has 3 rings (SSSR count). The van der Waals surface area contributed by atoms with E-state index in [9.17, 15) is 19.5 Å². The van der Waals surface area contributed by atoms with Crippen molar-refractivity contribution < 1.29 is 19.5 Å². The number of anilines is 1. The number of fused-ring (bicyclic) bond motifs is 1. The van der Waals surface area contributed by atoms with Crippen LogP contribution in [0.15, 0.2) is 36.5 Å². The molecule has 21 heavy (non-hydrogen) atoms. The highest BCUT2D eigenvalue weighted by atomic mass is 127. The largest absolute Gasteiger partial charge is 0.478 e. The van der Waals surface area contributed by atoms with Gasteiger partial charge in [0.15, 0.2) is 0 Å². The number of nitrogens with zero attached hydrogens (tertiary/aromatic N) is 2. The first-order chi connectivity index (χ1) is 10.0. The van der Waals surface area contributed by atoms with Gasteiger partial charge in [-0.05, 0) is 52.9 Å². The van der Waals surface area contributed by atoms with Crippen molar-refractivity contribution in [3.8, 4) is 0 Å². The number of carboxylic acid groups (broad SMARTS) is 1. The van der Waals surface area contributed by atoms with E-state index in [1.54, 1.807) is 12.1 Å². The number of halogens is 1. The van der Waals surface area contributed by atoms with Gasteiger partial charge in [-0.25, -0.2) is 9.69 Å². The number of hydrogen-bond acceptors (Lipinski definition) is 4. The number of hydrogen-bond donors (Lipinski definition) is 1. The number of carbonyl (C=O) groups is 3. The molecule has 1 aromatic carbocycles. The second-order valence-corrected chi connectivity index (χ2v) is 5.56. The van der Waals surface area contributed by atoms with Crippen LogP contribution >= 0.6 is 22.6 Å². The first-order valence-electron chi connectivity index (χ1n) is 5.87. The molecular formula is C14H7IN2O4. The molecule has 1 N–H and O–H groups in total. The number of amides is 2. The lowest BCUT2D eigenvalue weighted by Gasteiger charge is -2.16. The minimum absolute atomic E-state index is 0.0392. The number of benzene rings is 1. The van der Waals surface area contributed by atoms with Crippen LogP contribution in [0.5, 0.6) is 0 Å². The summed E-state index contributed by atoms with van der Waals surface area (Å²) in [6.45, 7) is 0. The highest BCUT2D eigenvalue weighted by Gasteiger charge is 2.39. The molecule has 1 aliphatic rings. The van der Waals surface area contributed by atoms with Gasteiger partial charge in [-0.15, -0.1) is 0 Å². The van der Waals surface area contributed by atoms with Crippen LogP contribution in [0.2, 0.25) is 0 Å². The molecule has 1 aromatic heterocycles. The third-order valence-electron chi connectivity index (χ3n) is 3.08. The fourth-order valence-electron chi connectivity index (χ4n) is 2.16. The lowest BCUT2D eigenvalue weighted by Crippen LogP contribution is -2.31. The maximum absolute atomic E-state index is 12.3. The first-order valence-corrected chi connectivity index (χ1v) is 6.95. The molecule has 0 saturated carbocycles. The molecular weight excluding hydrogens is 387 g/mol. The third kappa shape index (κ3) is 2.09. The molecule has 0 fully saturated rings. The third-order valence-corrected chi connectivity index (χ3v) is 3.75. The Hall–Kier alpha value is -2.29. The molecule has 0 radical (unpaired) electrons. The predicted molar refractivity (Wildman–Crippen MR) is 81.5 cm³/mol. The summed E-state index contributed by atoms with van der Waals surface area (Å²) in [6, 6.07) is 7.55. The van der Waals surface area contributed by atoms with Crippen LogP contribution in [-0.2, 0) is 0 Å². The summed E-state index contributed by atoms with van der Waals surface area (Å²) < 4.78 is 0.698. The van der Waals surface area contributed by atoms with Crippen molar-refractivity contribution in [2.75, 3.05) is 4.90 Å². The minimum atomic E-state index is -1.20. The lowest BCUT2D eigenvalue weighted by molar-refractivity contribution is 0.0698. The number of aromatic nitrogens is 1. The summed E-state index contributed by atoms with van der Waals surface area (Å²) in [5, 5.41) is 9.27. The van der Waals surface area contributed by atoms with Crippen molar-refractivity contribution in [2.24, 2.45) is 0 Å². The van der Waals surface area contributed by atoms with Crippen LogP contribution in [0.3, 0.4) is 0 Å². The topological polar surface area (TPSA) is 87.6 Å². The van der Waals surface area contributed by atoms with E-state index in [2.05, 4.69) is 4.98 Å². The van der Waals surface area contributed by atoms with Crippen LogP contribution in [0.4, 0.5) is 5.69 Å². The summed E-state index contributed by atoms with van der Waals surface area (Å²) in [5.41, 5.74) is 0.169. The van der Waals surface area contributed by atoms with Crippen LogP contribution < -0.4 is 4.90 Å². The highest BCUT2D eigenvalue weighted by Crippen LogP contribution is 2.30. The molecule has 2 aromatic rings.